The zero-order valence-corrected chi connectivity index (χ0v) is 26.1. The number of hydrogen-bond acceptors (Lipinski definition) is 11. The van der Waals surface area contributed by atoms with Gasteiger partial charge in [-0.1, -0.05) is 20.8 Å². The number of rotatable bonds is 24. The molecule has 1 unspecified atom stereocenters. The van der Waals surface area contributed by atoms with Gasteiger partial charge in [0.05, 0.1) is 46.2 Å². The van der Waals surface area contributed by atoms with Crippen molar-refractivity contribution in [2.75, 3.05) is 65.9 Å². The van der Waals surface area contributed by atoms with Crippen molar-refractivity contribution in [1.82, 2.24) is 21.3 Å². The molecule has 0 aliphatic carbocycles. The van der Waals surface area contributed by atoms with Crippen LogP contribution in [-0.4, -0.2) is 129 Å². The Kier molecular flexibility index (Phi) is 32.8. The SMILES string of the molecule is CC.CC(=O)CCOCCOCCNC(=O)C(CCC(=O)O)NC(=O)CNC(=O)CCOCCNC(=O)CO.CCC(=O)O. The predicted octanol–water partition coefficient (Wildman–Crippen LogP) is -1.40. The lowest BCUT2D eigenvalue weighted by Crippen LogP contribution is -2.50. The minimum absolute atomic E-state index is 0.0284. The summed E-state index contributed by atoms with van der Waals surface area (Å²) in [5.41, 5.74) is 0. The molecule has 0 bridgehead atoms. The number of amides is 4. The molecule has 0 aliphatic heterocycles. The zero-order valence-electron chi connectivity index (χ0n) is 26.1. The van der Waals surface area contributed by atoms with Gasteiger partial charge in [-0.25, -0.2) is 0 Å². The van der Waals surface area contributed by atoms with Crippen LogP contribution < -0.4 is 21.3 Å². The third-order valence-corrected chi connectivity index (χ3v) is 4.75. The Balaban J connectivity index is -0.00000216. The molecular formula is C27H50N4O13. The van der Waals surface area contributed by atoms with Crippen molar-refractivity contribution in [2.45, 2.75) is 65.8 Å². The molecule has 0 saturated carbocycles. The van der Waals surface area contributed by atoms with Crippen molar-refractivity contribution >= 4 is 41.4 Å². The Bertz CT molecular complexity index is 841. The summed E-state index contributed by atoms with van der Waals surface area (Å²) in [6, 6.07) is -1.12. The first-order valence-corrected chi connectivity index (χ1v) is 14.3. The Hall–Kier alpha value is -3.67. The summed E-state index contributed by atoms with van der Waals surface area (Å²) in [4.78, 5) is 78.2. The fraction of sp³-hybridized carbons (Fsp3) is 0.741. The molecule has 0 radical (unpaired) electrons. The van der Waals surface area contributed by atoms with E-state index in [9.17, 15) is 33.6 Å². The van der Waals surface area contributed by atoms with Gasteiger partial charge in [0.1, 0.15) is 18.4 Å². The monoisotopic (exact) mass is 638 g/mol. The molecule has 17 nitrogen and oxygen atoms in total. The molecule has 0 saturated heterocycles. The normalized spacial score (nSPS) is 10.5. The van der Waals surface area contributed by atoms with Gasteiger partial charge in [-0.2, -0.15) is 0 Å². The zero-order chi connectivity index (χ0) is 34.2. The second kappa shape index (κ2) is 32.2. The highest BCUT2D eigenvalue weighted by Gasteiger charge is 2.21. The van der Waals surface area contributed by atoms with E-state index in [1.54, 1.807) is 6.92 Å². The van der Waals surface area contributed by atoms with Crippen LogP contribution in [0.15, 0.2) is 0 Å². The maximum absolute atomic E-state index is 12.4. The van der Waals surface area contributed by atoms with Crippen molar-refractivity contribution in [1.29, 1.82) is 0 Å². The van der Waals surface area contributed by atoms with Gasteiger partial charge in [0.15, 0.2) is 0 Å². The lowest BCUT2D eigenvalue weighted by atomic mass is 10.1. The highest BCUT2D eigenvalue weighted by molar-refractivity contribution is 5.90. The Morgan fingerprint density at radius 3 is 1.70 bits per heavy atom. The van der Waals surface area contributed by atoms with Crippen LogP contribution in [0.4, 0.5) is 0 Å². The first kappa shape index (κ1) is 44.8. The number of Topliss-reactive ketones (excluding diaryl/α,β-unsaturated/α-hetero) is 1. The van der Waals surface area contributed by atoms with E-state index in [0.717, 1.165) is 0 Å². The molecule has 17 heteroatoms. The van der Waals surface area contributed by atoms with Crippen LogP contribution in [0.3, 0.4) is 0 Å². The molecule has 0 fully saturated rings. The summed E-state index contributed by atoms with van der Waals surface area (Å²) in [5.74, 6) is -4.15. The summed E-state index contributed by atoms with van der Waals surface area (Å²) < 4.78 is 15.6. The van der Waals surface area contributed by atoms with Crippen LogP contribution in [0.2, 0.25) is 0 Å². The van der Waals surface area contributed by atoms with Gasteiger partial charge in [0, 0.05) is 38.8 Å². The van der Waals surface area contributed by atoms with E-state index >= 15 is 0 Å². The number of aliphatic carboxylic acids is 2. The first-order valence-electron chi connectivity index (χ1n) is 14.3. The van der Waals surface area contributed by atoms with E-state index < -0.39 is 54.8 Å². The molecule has 0 aromatic rings. The largest absolute Gasteiger partial charge is 0.481 e. The summed E-state index contributed by atoms with van der Waals surface area (Å²) >= 11 is 0. The average molecular weight is 639 g/mol. The quantitative estimate of drug-likeness (QED) is 0.0601. The van der Waals surface area contributed by atoms with Crippen molar-refractivity contribution in [3.63, 3.8) is 0 Å². The number of aliphatic hydroxyl groups excluding tert-OH is 1. The number of aliphatic hydroxyl groups is 1. The molecule has 4 amide bonds. The third-order valence-electron chi connectivity index (χ3n) is 4.75. The number of nitrogens with one attached hydrogen (secondary N) is 4. The van der Waals surface area contributed by atoms with Gasteiger partial charge in [0.25, 0.3) is 0 Å². The number of carbonyl (C=O) groups excluding carboxylic acids is 5. The Morgan fingerprint density at radius 2 is 1.18 bits per heavy atom. The number of carbonyl (C=O) groups is 7. The van der Waals surface area contributed by atoms with Gasteiger partial charge in [-0.15, -0.1) is 0 Å². The number of carboxylic acids is 2. The second-order valence-corrected chi connectivity index (χ2v) is 8.41. The standard InChI is InChI=1S/C22H38N4O11.C3H6O2.C2H6/c1-16(28)4-8-36-12-13-37-11-7-24-22(34)17(2-3-21(32)33)26-19(30)14-25-18(29)5-9-35-10-6-23-20(31)15-27;1-2-3(4)5;1-2/h17,27H,2-15H2,1H3,(H,23,31)(H,24,34)(H,25,29)(H,26,30)(H,32,33);2H2,1H3,(H,4,5);1-2H3. The summed E-state index contributed by atoms with van der Waals surface area (Å²) in [6.45, 7) is 7.51. The molecule has 0 spiro atoms. The van der Waals surface area contributed by atoms with E-state index in [1.807, 2.05) is 13.8 Å². The van der Waals surface area contributed by atoms with E-state index in [4.69, 9.17) is 29.5 Å². The molecule has 44 heavy (non-hydrogen) atoms. The van der Waals surface area contributed by atoms with Crippen LogP contribution >= 0.6 is 0 Å². The molecular weight excluding hydrogens is 588 g/mol. The fourth-order valence-electron chi connectivity index (χ4n) is 2.54. The van der Waals surface area contributed by atoms with Gasteiger partial charge in [-0.05, 0) is 13.3 Å². The van der Waals surface area contributed by atoms with Crippen LogP contribution in [0.1, 0.15) is 59.8 Å². The van der Waals surface area contributed by atoms with Crippen LogP contribution in [0, 0.1) is 0 Å². The van der Waals surface area contributed by atoms with E-state index in [-0.39, 0.29) is 71.0 Å². The topological polar surface area (TPSA) is 256 Å². The van der Waals surface area contributed by atoms with Crippen LogP contribution in [0.25, 0.3) is 0 Å². The van der Waals surface area contributed by atoms with E-state index in [2.05, 4.69) is 21.3 Å². The van der Waals surface area contributed by atoms with Crippen molar-refractivity contribution in [3.8, 4) is 0 Å². The smallest absolute Gasteiger partial charge is 0.303 e. The van der Waals surface area contributed by atoms with Gasteiger partial charge >= 0.3 is 11.9 Å². The maximum atomic E-state index is 12.4. The molecule has 7 N–H and O–H groups in total. The lowest BCUT2D eigenvalue weighted by Gasteiger charge is -2.18. The molecule has 0 aromatic carbocycles. The Morgan fingerprint density at radius 1 is 0.659 bits per heavy atom. The Labute approximate surface area is 257 Å². The molecule has 0 aromatic heterocycles. The predicted molar refractivity (Wildman–Crippen MR) is 157 cm³/mol. The summed E-state index contributed by atoms with van der Waals surface area (Å²) in [6.07, 6.45) is -0.000467. The number of ether oxygens (including phenoxy) is 3. The van der Waals surface area contributed by atoms with Crippen LogP contribution in [0.5, 0.6) is 0 Å². The van der Waals surface area contributed by atoms with Crippen LogP contribution in [-0.2, 0) is 47.8 Å². The van der Waals surface area contributed by atoms with E-state index in [0.29, 0.717) is 19.6 Å². The maximum Gasteiger partial charge on any atom is 0.303 e. The second-order valence-electron chi connectivity index (χ2n) is 8.41. The van der Waals surface area contributed by atoms with Crippen molar-refractivity contribution < 1.29 is 63.1 Å². The van der Waals surface area contributed by atoms with Gasteiger partial charge < -0.3 is 50.8 Å². The van der Waals surface area contributed by atoms with Gasteiger partial charge in [-0.3, -0.25) is 33.6 Å². The van der Waals surface area contributed by atoms with Gasteiger partial charge in [0.2, 0.25) is 23.6 Å². The highest BCUT2D eigenvalue weighted by Crippen LogP contribution is 1.98. The molecule has 0 rings (SSSR count). The average Bonchev–Trinajstić information content (AvgIpc) is 2.99. The minimum atomic E-state index is -1.13. The first-order chi connectivity index (χ1) is 20.9. The highest BCUT2D eigenvalue weighted by atomic mass is 16.5. The van der Waals surface area contributed by atoms with Crippen molar-refractivity contribution in [3.05, 3.63) is 0 Å². The fourth-order valence-corrected chi connectivity index (χ4v) is 2.54. The molecule has 1 atom stereocenters. The number of hydrogen-bond donors (Lipinski definition) is 7. The summed E-state index contributed by atoms with van der Waals surface area (Å²) in [5, 5.41) is 34.9. The van der Waals surface area contributed by atoms with E-state index in [1.165, 1.54) is 6.92 Å². The number of carboxylic acid groups (broad SMARTS) is 2. The number of ketones is 1. The lowest BCUT2D eigenvalue weighted by molar-refractivity contribution is -0.138. The van der Waals surface area contributed by atoms with Crippen molar-refractivity contribution in [2.24, 2.45) is 0 Å². The third kappa shape index (κ3) is 34.5. The molecule has 0 heterocycles. The molecule has 0 aliphatic rings. The minimum Gasteiger partial charge on any atom is -0.481 e. The summed E-state index contributed by atoms with van der Waals surface area (Å²) in [7, 11) is 0. The molecule has 256 valence electrons.